The predicted molar refractivity (Wildman–Crippen MR) is 190 cm³/mol. The van der Waals surface area contributed by atoms with Crippen LogP contribution in [-0.4, -0.2) is 75.0 Å². The molecule has 51 heavy (non-hydrogen) atoms. The number of hydrogen-bond acceptors (Lipinski definition) is 7. The Morgan fingerprint density at radius 2 is 1.59 bits per heavy atom. The molecule has 3 unspecified atom stereocenters. The first-order valence-corrected chi connectivity index (χ1v) is 17.8. The molecular weight excluding hydrogens is 652 g/mol. The van der Waals surface area contributed by atoms with Gasteiger partial charge in [0.05, 0.1) is 24.1 Å². The molecular formula is C39H52N4O8. The summed E-state index contributed by atoms with van der Waals surface area (Å²) in [4.78, 5) is 73.4. The van der Waals surface area contributed by atoms with Crippen LogP contribution in [0.1, 0.15) is 118 Å². The molecule has 2 amide bonds. The van der Waals surface area contributed by atoms with Crippen LogP contribution in [0.25, 0.3) is 0 Å². The number of aromatic amines is 2. The van der Waals surface area contributed by atoms with Crippen molar-refractivity contribution in [3.05, 3.63) is 67.3 Å². The van der Waals surface area contributed by atoms with Crippen molar-refractivity contribution in [2.75, 3.05) is 13.7 Å². The molecule has 2 aliphatic heterocycles. The van der Waals surface area contributed by atoms with E-state index in [9.17, 15) is 34.2 Å². The van der Waals surface area contributed by atoms with Crippen molar-refractivity contribution in [1.82, 2.24) is 20.6 Å². The first-order chi connectivity index (χ1) is 23.8. The Morgan fingerprint density at radius 1 is 0.941 bits per heavy atom. The van der Waals surface area contributed by atoms with Crippen molar-refractivity contribution in [3.8, 4) is 0 Å². The van der Waals surface area contributed by atoms with E-state index < -0.39 is 34.1 Å². The third-order valence-corrected chi connectivity index (χ3v) is 12.5. The molecule has 0 saturated carbocycles. The molecule has 0 radical (unpaired) electrons. The number of ketones is 1. The Bertz CT molecular complexity index is 1910. The molecule has 4 heterocycles. The van der Waals surface area contributed by atoms with Crippen LogP contribution in [0.4, 0.5) is 0 Å². The smallest absolute Gasteiger partial charge is 0.320 e. The highest BCUT2D eigenvalue weighted by Crippen LogP contribution is 2.58. The number of aliphatic hydroxyl groups is 1. The second kappa shape index (κ2) is 13.3. The number of esters is 1. The summed E-state index contributed by atoms with van der Waals surface area (Å²) in [5, 5.41) is 25.8. The van der Waals surface area contributed by atoms with Crippen molar-refractivity contribution in [3.63, 3.8) is 0 Å². The number of nitrogens with one attached hydrogen (secondary N) is 4. The van der Waals surface area contributed by atoms with Gasteiger partial charge in [0.15, 0.2) is 5.78 Å². The minimum atomic E-state index is -1.73. The number of aliphatic carboxylic acids is 1. The summed E-state index contributed by atoms with van der Waals surface area (Å²) in [6.07, 6.45) is 1.79. The summed E-state index contributed by atoms with van der Waals surface area (Å²) >= 11 is 0. The van der Waals surface area contributed by atoms with Gasteiger partial charge < -0.3 is 35.6 Å². The van der Waals surface area contributed by atoms with Gasteiger partial charge in [0.2, 0.25) is 11.8 Å². The minimum absolute atomic E-state index is 0.0904. The van der Waals surface area contributed by atoms with Gasteiger partial charge in [-0.2, -0.15) is 0 Å². The third kappa shape index (κ3) is 5.57. The van der Waals surface area contributed by atoms with E-state index in [1.807, 2.05) is 48.5 Å². The van der Waals surface area contributed by atoms with E-state index >= 15 is 0 Å². The molecule has 0 aromatic carbocycles. The monoisotopic (exact) mass is 704 g/mol. The largest absolute Gasteiger partial charge is 0.481 e. The lowest BCUT2D eigenvalue weighted by Gasteiger charge is -2.38. The number of ether oxygens (including phenoxy) is 1. The number of H-pyrrole nitrogens is 2. The number of Topliss-reactive ketones (excluding diaryl/α,β-unsaturated/α-hetero) is 1. The lowest BCUT2D eigenvalue weighted by atomic mass is 9.63. The maximum atomic E-state index is 14.7. The zero-order valence-corrected chi connectivity index (χ0v) is 31.4. The molecule has 2 aromatic heterocycles. The fraction of sp³-hybridized carbons (Fsp3) is 0.564. The third-order valence-electron chi connectivity index (χ3n) is 12.5. The van der Waals surface area contributed by atoms with E-state index in [0.29, 0.717) is 58.6 Å². The quantitative estimate of drug-likeness (QED) is 0.132. The zero-order valence-electron chi connectivity index (χ0n) is 31.4. The Balaban J connectivity index is 1.70. The lowest BCUT2D eigenvalue weighted by molar-refractivity contribution is -0.151. The fourth-order valence-electron chi connectivity index (χ4n) is 8.94. The van der Waals surface area contributed by atoms with Gasteiger partial charge in [0.25, 0.3) is 0 Å². The van der Waals surface area contributed by atoms with Crippen LogP contribution in [0, 0.1) is 25.2 Å². The Kier molecular flexibility index (Phi) is 9.83. The maximum absolute atomic E-state index is 14.7. The molecule has 3 aliphatic rings. The van der Waals surface area contributed by atoms with Crippen molar-refractivity contribution < 1.29 is 38.9 Å². The highest BCUT2D eigenvalue weighted by atomic mass is 16.5. The number of carbonyl (C=O) groups is 5. The average Bonchev–Trinajstić information content (AvgIpc) is 3.77. The van der Waals surface area contributed by atoms with Crippen molar-refractivity contribution >= 4 is 29.5 Å². The Labute approximate surface area is 298 Å². The molecule has 0 spiro atoms. The first-order valence-electron chi connectivity index (χ1n) is 17.8. The normalized spacial score (nSPS) is 26.6. The molecule has 5 atom stereocenters. The fourth-order valence-corrected chi connectivity index (χ4v) is 8.94. The molecule has 0 bridgehead atoms. The van der Waals surface area contributed by atoms with Crippen LogP contribution in [0.3, 0.4) is 0 Å². The van der Waals surface area contributed by atoms with E-state index in [0.717, 1.165) is 34.4 Å². The van der Waals surface area contributed by atoms with Gasteiger partial charge in [-0.25, -0.2) is 0 Å². The van der Waals surface area contributed by atoms with Crippen LogP contribution >= 0.6 is 0 Å². The molecule has 0 fully saturated rings. The standard InChI is InChI=1S/C39H52N4O8/c1-11-18(2)29-21(5)26(42-35(29)49)16-25-19(3)23(12-13-28(45)46)31(40-25)38(8)32-30(33(47)39(38,9)36(50)51-10)22(6)27(41-32)17-37(7)24(14-15-44)20(4)34(48)43-37/h18,26,40-41,44H,11-17H2,1-10H3,(H,42,49)(H,43,48)(H,45,46)/t18?,26?,37?,38-,39+/m0/s1. The van der Waals surface area contributed by atoms with E-state index in [2.05, 4.69) is 20.6 Å². The molecule has 6 N–H and O–H groups in total. The Morgan fingerprint density at radius 3 is 2.18 bits per heavy atom. The summed E-state index contributed by atoms with van der Waals surface area (Å²) < 4.78 is 5.32. The van der Waals surface area contributed by atoms with Gasteiger partial charge >= 0.3 is 11.9 Å². The summed E-state index contributed by atoms with van der Waals surface area (Å²) in [6.45, 7) is 16.7. The van der Waals surface area contributed by atoms with Gasteiger partial charge in [0.1, 0.15) is 5.41 Å². The van der Waals surface area contributed by atoms with E-state index in [-0.39, 0.29) is 43.2 Å². The Hall–Kier alpha value is -4.45. The van der Waals surface area contributed by atoms with Gasteiger partial charge in [-0.05, 0) is 101 Å². The molecule has 12 heteroatoms. The van der Waals surface area contributed by atoms with Crippen LogP contribution < -0.4 is 10.6 Å². The zero-order chi connectivity index (χ0) is 38.0. The van der Waals surface area contributed by atoms with Crippen molar-refractivity contribution in [1.29, 1.82) is 0 Å². The number of rotatable bonds is 13. The number of amides is 2. The number of carboxylic acid groups (broad SMARTS) is 1. The number of carbonyl (C=O) groups excluding carboxylic acids is 4. The number of aromatic nitrogens is 2. The molecule has 276 valence electrons. The molecule has 0 saturated heterocycles. The second-order valence-corrected chi connectivity index (χ2v) is 15.2. The topological polar surface area (TPSA) is 191 Å². The maximum Gasteiger partial charge on any atom is 0.320 e. The molecule has 12 nitrogen and oxygen atoms in total. The van der Waals surface area contributed by atoms with E-state index in [1.54, 1.807) is 13.8 Å². The molecule has 5 rings (SSSR count). The van der Waals surface area contributed by atoms with Gasteiger partial charge in [-0.3, -0.25) is 24.0 Å². The van der Waals surface area contributed by atoms with Crippen LogP contribution in [0.2, 0.25) is 0 Å². The second-order valence-electron chi connectivity index (χ2n) is 15.2. The van der Waals surface area contributed by atoms with Gasteiger partial charge in [-0.1, -0.05) is 13.8 Å². The van der Waals surface area contributed by atoms with Crippen molar-refractivity contribution in [2.45, 2.75) is 118 Å². The van der Waals surface area contributed by atoms with Gasteiger partial charge in [-0.15, -0.1) is 0 Å². The van der Waals surface area contributed by atoms with E-state index in [4.69, 9.17) is 4.74 Å². The highest BCUT2D eigenvalue weighted by molar-refractivity contribution is 6.19. The summed E-state index contributed by atoms with van der Waals surface area (Å²) in [5.41, 5.74) is 4.15. The first kappa shape index (κ1) is 37.8. The van der Waals surface area contributed by atoms with Crippen LogP contribution in [-0.2, 0) is 48.6 Å². The SMILES string of the molecule is CCC(C)C1=C(C)C(Cc2[nH]c([C@@]3(C)c4[nH]c(CC5(C)NC(=O)C(C)=C5CCO)c(C)c4C(=O)[C@]3(C)C(=O)OC)c(CCC(=O)O)c2C)NC1=O. The number of hydrogen-bond donors (Lipinski definition) is 6. The minimum Gasteiger partial charge on any atom is -0.481 e. The van der Waals surface area contributed by atoms with Crippen LogP contribution in [0.5, 0.6) is 0 Å². The number of aliphatic hydroxyl groups excluding tert-OH is 1. The van der Waals surface area contributed by atoms with Gasteiger partial charge in [0, 0.05) is 65.4 Å². The van der Waals surface area contributed by atoms with Crippen LogP contribution in [0.15, 0.2) is 22.3 Å². The predicted octanol–water partition coefficient (Wildman–Crippen LogP) is 4.19. The molecule has 2 aromatic rings. The van der Waals surface area contributed by atoms with E-state index in [1.165, 1.54) is 7.11 Å². The average molecular weight is 705 g/mol. The summed E-state index contributed by atoms with van der Waals surface area (Å²) in [5.74, 6) is -2.35. The summed E-state index contributed by atoms with van der Waals surface area (Å²) in [7, 11) is 1.25. The summed E-state index contributed by atoms with van der Waals surface area (Å²) in [6, 6.07) is -0.286. The highest BCUT2D eigenvalue weighted by Gasteiger charge is 2.67. The lowest BCUT2D eigenvalue weighted by Crippen LogP contribution is -2.50. The number of carboxylic acids is 1. The number of fused-ring (bicyclic) bond motifs is 1. The molecule has 1 aliphatic carbocycles. The van der Waals surface area contributed by atoms with Crippen molar-refractivity contribution in [2.24, 2.45) is 11.3 Å². The number of methoxy groups -OCH3 is 1.